The zero-order chi connectivity index (χ0) is 19.3. The van der Waals surface area contributed by atoms with Crippen LogP contribution in [0.1, 0.15) is 27.1 Å². The Balaban J connectivity index is 0.00000240. The van der Waals surface area contributed by atoms with E-state index in [0.29, 0.717) is 17.2 Å². The molecule has 154 valence electrons. The summed E-state index contributed by atoms with van der Waals surface area (Å²) < 4.78 is 0. The largest absolute Gasteiger partial charge is 0.337 e. The Morgan fingerprint density at radius 3 is 2.24 bits per heavy atom. The molecule has 0 aliphatic carbocycles. The Kier molecular flexibility index (Phi) is 7.25. The summed E-state index contributed by atoms with van der Waals surface area (Å²) in [6, 6.07) is 16.7. The van der Waals surface area contributed by atoms with Crippen LogP contribution in [0.4, 0.5) is 5.69 Å². The fourth-order valence-corrected chi connectivity index (χ4v) is 3.94. The molecule has 0 saturated carbocycles. The number of carbonyl (C=O) groups is 2. The predicted molar refractivity (Wildman–Crippen MR) is 117 cm³/mol. The van der Waals surface area contributed by atoms with Crippen LogP contribution in [0.25, 0.3) is 0 Å². The molecule has 2 heterocycles. The predicted octanol–water partition coefficient (Wildman–Crippen LogP) is 2.48. The van der Waals surface area contributed by atoms with Crippen LogP contribution in [0.3, 0.4) is 0 Å². The molecule has 0 bridgehead atoms. The van der Waals surface area contributed by atoms with Gasteiger partial charge in [0.2, 0.25) is 0 Å². The van der Waals surface area contributed by atoms with E-state index >= 15 is 0 Å². The van der Waals surface area contributed by atoms with Gasteiger partial charge in [-0.25, -0.2) is 0 Å². The first kappa shape index (κ1) is 21.3. The highest BCUT2D eigenvalue weighted by molar-refractivity contribution is 6.05. The van der Waals surface area contributed by atoms with Crippen molar-refractivity contribution in [2.75, 3.05) is 44.6 Å². The standard InChI is InChI=1S/C22H26N4O2.ClH/c27-21(24-19-4-2-1-3-5-19)17-6-8-18(9-7-17)22(28)26-13-10-20(16-26)25-14-11-23-12-15-25;/h1-9,20,23H,10-16H2,(H,24,27);1H. The molecule has 0 radical (unpaired) electrons. The smallest absolute Gasteiger partial charge is 0.255 e. The minimum atomic E-state index is -0.176. The van der Waals surface area contributed by atoms with Crippen LogP contribution in [0.15, 0.2) is 54.6 Å². The van der Waals surface area contributed by atoms with Crippen molar-refractivity contribution in [2.45, 2.75) is 12.5 Å². The van der Waals surface area contributed by atoms with Gasteiger partial charge in [-0.1, -0.05) is 18.2 Å². The second-order valence-electron chi connectivity index (χ2n) is 7.38. The van der Waals surface area contributed by atoms with Gasteiger partial charge in [-0.15, -0.1) is 12.4 Å². The number of hydrogen-bond acceptors (Lipinski definition) is 4. The summed E-state index contributed by atoms with van der Waals surface area (Å²) in [4.78, 5) is 29.6. The zero-order valence-electron chi connectivity index (χ0n) is 16.3. The number of rotatable bonds is 4. The maximum atomic E-state index is 12.8. The van der Waals surface area contributed by atoms with Gasteiger partial charge < -0.3 is 15.5 Å². The van der Waals surface area contributed by atoms with E-state index in [0.717, 1.165) is 51.4 Å². The molecule has 2 N–H and O–H groups in total. The first-order valence-corrected chi connectivity index (χ1v) is 9.91. The highest BCUT2D eigenvalue weighted by Gasteiger charge is 2.31. The Morgan fingerprint density at radius 1 is 0.897 bits per heavy atom. The van der Waals surface area contributed by atoms with Crippen LogP contribution in [0.2, 0.25) is 0 Å². The number of carbonyl (C=O) groups excluding carboxylic acids is 2. The minimum absolute atomic E-state index is 0. The fraction of sp³-hybridized carbons (Fsp3) is 0.364. The van der Waals surface area contributed by atoms with Crippen LogP contribution < -0.4 is 10.6 Å². The van der Waals surface area contributed by atoms with E-state index < -0.39 is 0 Å². The molecule has 1 atom stereocenters. The van der Waals surface area contributed by atoms with Gasteiger partial charge in [0.15, 0.2) is 0 Å². The van der Waals surface area contributed by atoms with E-state index in [1.165, 1.54) is 0 Å². The van der Waals surface area contributed by atoms with Crippen molar-refractivity contribution in [1.82, 2.24) is 15.1 Å². The van der Waals surface area contributed by atoms with E-state index in [-0.39, 0.29) is 24.2 Å². The summed E-state index contributed by atoms with van der Waals surface area (Å²) >= 11 is 0. The number of hydrogen-bond donors (Lipinski definition) is 2. The molecule has 2 amide bonds. The molecule has 2 saturated heterocycles. The highest BCUT2D eigenvalue weighted by Crippen LogP contribution is 2.19. The highest BCUT2D eigenvalue weighted by atomic mass is 35.5. The van der Waals surface area contributed by atoms with Crippen LogP contribution in [0.5, 0.6) is 0 Å². The quantitative estimate of drug-likeness (QED) is 0.806. The molecule has 7 heteroatoms. The van der Waals surface area contributed by atoms with Gasteiger partial charge in [-0.05, 0) is 42.8 Å². The second kappa shape index (κ2) is 9.87. The number of nitrogens with one attached hydrogen (secondary N) is 2. The van der Waals surface area contributed by atoms with E-state index in [1.54, 1.807) is 24.3 Å². The van der Waals surface area contributed by atoms with Crippen molar-refractivity contribution in [3.8, 4) is 0 Å². The average Bonchev–Trinajstić information content (AvgIpc) is 3.25. The first-order chi connectivity index (χ1) is 13.7. The minimum Gasteiger partial charge on any atom is -0.337 e. The molecule has 2 aliphatic rings. The van der Waals surface area contributed by atoms with Crippen molar-refractivity contribution in [2.24, 2.45) is 0 Å². The monoisotopic (exact) mass is 414 g/mol. The summed E-state index contributed by atoms with van der Waals surface area (Å²) in [5.74, 6) is -0.127. The molecule has 29 heavy (non-hydrogen) atoms. The van der Waals surface area contributed by atoms with Crippen molar-refractivity contribution in [1.29, 1.82) is 0 Å². The summed E-state index contributed by atoms with van der Waals surface area (Å²) in [6.45, 7) is 5.74. The van der Waals surface area contributed by atoms with Gasteiger partial charge in [0.25, 0.3) is 11.8 Å². The first-order valence-electron chi connectivity index (χ1n) is 9.91. The lowest BCUT2D eigenvalue weighted by atomic mass is 10.1. The van der Waals surface area contributed by atoms with Crippen LogP contribution in [0, 0.1) is 0 Å². The molecule has 6 nitrogen and oxygen atoms in total. The van der Waals surface area contributed by atoms with Crippen LogP contribution >= 0.6 is 12.4 Å². The Morgan fingerprint density at radius 2 is 1.55 bits per heavy atom. The van der Waals surface area contributed by atoms with Gasteiger partial charge in [0, 0.05) is 62.1 Å². The number of benzene rings is 2. The van der Waals surface area contributed by atoms with Crippen molar-refractivity contribution < 1.29 is 9.59 Å². The topological polar surface area (TPSA) is 64.7 Å². The second-order valence-corrected chi connectivity index (χ2v) is 7.38. The maximum Gasteiger partial charge on any atom is 0.255 e. The van der Waals surface area contributed by atoms with E-state index in [1.807, 2.05) is 35.2 Å². The van der Waals surface area contributed by atoms with Crippen LogP contribution in [-0.4, -0.2) is 66.9 Å². The van der Waals surface area contributed by atoms with Gasteiger partial charge in [-0.2, -0.15) is 0 Å². The zero-order valence-corrected chi connectivity index (χ0v) is 17.2. The summed E-state index contributed by atoms with van der Waals surface area (Å²) in [6.07, 6.45) is 1.03. The van der Waals surface area contributed by atoms with Gasteiger partial charge in [0.1, 0.15) is 0 Å². The number of halogens is 1. The van der Waals surface area contributed by atoms with Gasteiger partial charge in [-0.3, -0.25) is 14.5 Å². The molecule has 0 aromatic heterocycles. The molecular formula is C22H27ClN4O2. The lowest BCUT2D eigenvalue weighted by molar-refractivity contribution is 0.0773. The molecular weight excluding hydrogens is 388 g/mol. The number of para-hydroxylation sites is 1. The Hall–Kier alpha value is -2.41. The Labute approximate surface area is 177 Å². The lowest BCUT2D eigenvalue weighted by Crippen LogP contribution is -2.49. The third-order valence-corrected chi connectivity index (χ3v) is 5.54. The van der Waals surface area contributed by atoms with E-state index in [9.17, 15) is 9.59 Å². The number of nitrogens with zero attached hydrogens (tertiary/aromatic N) is 2. The molecule has 2 fully saturated rings. The molecule has 2 aromatic rings. The number of amides is 2. The average molecular weight is 415 g/mol. The number of piperazine rings is 1. The van der Waals surface area contributed by atoms with Crippen molar-refractivity contribution in [3.05, 3.63) is 65.7 Å². The normalized spacial score (nSPS) is 19.4. The summed E-state index contributed by atoms with van der Waals surface area (Å²) in [7, 11) is 0. The molecule has 2 aromatic carbocycles. The molecule has 2 aliphatic heterocycles. The third kappa shape index (κ3) is 5.15. The van der Waals surface area contributed by atoms with Crippen LogP contribution in [-0.2, 0) is 0 Å². The van der Waals surface area contributed by atoms with Crippen molar-refractivity contribution in [3.63, 3.8) is 0 Å². The Bertz CT molecular complexity index is 822. The molecule has 1 unspecified atom stereocenters. The third-order valence-electron chi connectivity index (χ3n) is 5.54. The van der Waals surface area contributed by atoms with Gasteiger partial charge in [0.05, 0.1) is 0 Å². The molecule has 4 rings (SSSR count). The van der Waals surface area contributed by atoms with E-state index in [4.69, 9.17) is 0 Å². The summed E-state index contributed by atoms with van der Waals surface area (Å²) in [5.41, 5.74) is 1.93. The molecule has 0 spiro atoms. The van der Waals surface area contributed by atoms with E-state index in [2.05, 4.69) is 15.5 Å². The van der Waals surface area contributed by atoms with Crippen molar-refractivity contribution >= 4 is 29.9 Å². The van der Waals surface area contributed by atoms with Gasteiger partial charge >= 0.3 is 0 Å². The number of likely N-dealkylation sites (tertiary alicyclic amines) is 1. The number of anilines is 1. The lowest BCUT2D eigenvalue weighted by Gasteiger charge is -2.32. The summed E-state index contributed by atoms with van der Waals surface area (Å²) in [5, 5.41) is 6.23. The SMILES string of the molecule is Cl.O=C(Nc1ccccc1)c1ccc(C(=O)N2CCC(N3CCNCC3)C2)cc1. The maximum absolute atomic E-state index is 12.8. The fourth-order valence-electron chi connectivity index (χ4n) is 3.94.